The average molecular weight is 385 g/mol. The topological polar surface area (TPSA) is 49.7 Å². The zero-order valence-electron chi connectivity index (χ0n) is 13.4. The second-order valence-electron chi connectivity index (χ2n) is 4.98. The zero-order valence-corrected chi connectivity index (χ0v) is 15.7. The van der Waals surface area contributed by atoms with E-state index in [1.165, 1.54) is 4.31 Å². The highest BCUT2D eigenvalue weighted by Crippen LogP contribution is 2.24. The summed E-state index contributed by atoms with van der Waals surface area (Å²) in [5.41, 5.74) is 1.24. The molecule has 0 aliphatic rings. The first-order valence-electron chi connectivity index (χ1n) is 7.48. The summed E-state index contributed by atoms with van der Waals surface area (Å²) in [5, 5.41) is 1.01. The summed E-state index contributed by atoms with van der Waals surface area (Å²) in [6, 6.07) is 11.6. The molecule has 7 heteroatoms. The molecule has 0 saturated carbocycles. The van der Waals surface area contributed by atoms with E-state index in [1.54, 1.807) is 48.7 Å². The molecule has 0 bridgehead atoms. The molecule has 0 aromatic heterocycles. The number of rotatable bonds is 6. The van der Waals surface area contributed by atoms with Crippen molar-refractivity contribution in [1.82, 2.24) is 4.31 Å². The van der Waals surface area contributed by atoms with Gasteiger partial charge in [0.25, 0.3) is 0 Å². The van der Waals surface area contributed by atoms with Crippen LogP contribution in [0.1, 0.15) is 19.4 Å². The van der Waals surface area contributed by atoms with Gasteiger partial charge in [-0.3, -0.25) is 4.99 Å². The number of halogens is 2. The Labute approximate surface area is 152 Å². The molecule has 128 valence electrons. The smallest absolute Gasteiger partial charge is 0.243 e. The van der Waals surface area contributed by atoms with Crippen molar-refractivity contribution in [1.29, 1.82) is 0 Å². The molecule has 4 nitrogen and oxygen atoms in total. The lowest BCUT2D eigenvalue weighted by Gasteiger charge is -2.18. The minimum absolute atomic E-state index is 0.251. The maximum absolute atomic E-state index is 12.4. The Morgan fingerprint density at radius 2 is 1.54 bits per heavy atom. The molecule has 0 aliphatic carbocycles. The number of hydrogen-bond donors (Lipinski definition) is 0. The number of sulfonamides is 1. The van der Waals surface area contributed by atoms with Crippen LogP contribution in [0.3, 0.4) is 0 Å². The van der Waals surface area contributed by atoms with Gasteiger partial charge in [-0.15, -0.1) is 0 Å². The summed E-state index contributed by atoms with van der Waals surface area (Å²) < 4.78 is 26.3. The van der Waals surface area contributed by atoms with Gasteiger partial charge in [0.05, 0.1) is 20.6 Å². The summed E-state index contributed by atoms with van der Waals surface area (Å²) in [4.78, 5) is 4.56. The van der Waals surface area contributed by atoms with Crippen molar-refractivity contribution >= 4 is 45.1 Å². The summed E-state index contributed by atoms with van der Waals surface area (Å²) in [5.74, 6) is 0. The van der Waals surface area contributed by atoms with Crippen LogP contribution in [-0.4, -0.2) is 32.0 Å². The third kappa shape index (κ3) is 4.16. The van der Waals surface area contributed by atoms with Gasteiger partial charge in [-0.1, -0.05) is 43.1 Å². The summed E-state index contributed by atoms with van der Waals surface area (Å²) in [6.45, 7) is 4.49. The van der Waals surface area contributed by atoms with Gasteiger partial charge >= 0.3 is 0 Å². The lowest BCUT2D eigenvalue weighted by Crippen LogP contribution is -2.30. The first kappa shape index (κ1) is 18.9. The van der Waals surface area contributed by atoms with E-state index in [0.29, 0.717) is 34.4 Å². The molecule has 0 fully saturated rings. The van der Waals surface area contributed by atoms with Crippen molar-refractivity contribution in [2.75, 3.05) is 13.1 Å². The Bertz CT molecular complexity index is 810. The van der Waals surface area contributed by atoms with Gasteiger partial charge in [0, 0.05) is 24.9 Å². The van der Waals surface area contributed by atoms with Gasteiger partial charge < -0.3 is 0 Å². The van der Waals surface area contributed by atoms with Crippen LogP contribution in [0, 0.1) is 0 Å². The Balaban J connectivity index is 2.26. The van der Waals surface area contributed by atoms with Gasteiger partial charge in [0.2, 0.25) is 10.0 Å². The molecule has 0 amide bonds. The summed E-state index contributed by atoms with van der Waals surface area (Å²) in [7, 11) is -3.46. The fraction of sp³-hybridized carbons (Fsp3) is 0.235. The Kier molecular flexibility index (Phi) is 6.40. The van der Waals surface area contributed by atoms with Gasteiger partial charge in [-0.25, -0.2) is 8.42 Å². The second-order valence-corrected chi connectivity index (χ2v) is 7.73. The van der Waals surface area contributed by atoms with Crippen LogP contribution in [0.4, 0.5) is 5.69 Å². The lowest BCUT2D eigenvalue weighted by molar-refractivity contribution is 0.445. The quantitative estimate of drug-likeness (QED) is 0.673. The molecule has 0 heterocycles. The number of hydrogen-bond acceptors (Lipinski definition) is 3. The predicted octanol–water partition coefficient (Wildman–Crippen LogP) is 4.77. The number of benzene rings is 2. The van der Waals surface area contributed by atoms with E-state index in [-0.39, 0.29) is 4.90 Å². The highest BCUT2D eigenvalue weighted by Gasteiger charge is 2.20. The lowest BCUT2D eigenvalue weighted by atomic mass is 10.2. The molecular formula is C17H18Cl2N2O2S. The first-order valence-corrected chi connectivity index (χ1v) is 9.68. The molecule has 0 unspecified atom stereocenters. The van der Waals surface area contributed by atoms with Gasteiger partial charge in [-0.05, 0) is 36.4 Å². The minimum atomic E-state index is -3.46. The Hall–Kier alpha value is -1.40. The third-order valence-corrected chi connectivity index (χ3v) is 6.25. The van der Waals surface area contributed by atoms with Crippen molar-refractivity contribution < 1.29 is 8.42 Å². The fourth-order valence-electron chi connectivity index (χ4n) is 2.19. The van der Waals surface area contributed by atoms with Gasteiger partial charge in [0.15, 0.2) is 0 Å². The maximum Gasteiger partial charge on any atom is 0.243 e. The van der Waals surface area contributed by atoms with Crippen molar-refractivity contribution in [3.63, 3.8) is 0 Å². The molecule has 24 heavy (non-hydrogen) atoms. The van der Waals surface area contributed by atoms with Crippen molar-refractivity contribution in [2.24, 2.45) is 4.99 Å². The van der Waals surface area contributed by atoms with E-state index in [0.717, 1.165) is 0 Å². The molecule has 0 aliphatic heterocycles. The Morgan fingerprint density at radius 3 is 2.04 bits per heavy atom. The molecule has 2 aromatic carbocycles. The molecule has 0 saturated heterocycles. The monoisotopic (exact) mass is 384 g/mol. The van der Waals surface area contributed by atoms with Crippen LogP contribution in [0.25, 0.3) is 0 Å². The normalized spacial score (nSPS) is 12.2. The van der Waals surface area contributed by atoms with Gasteiger partial charge in [-0.2, -0.15) is 4.31 Å². The standard InChI is InChI=1S/C17H18Cl2N2O2S/c1-3-21(4-2)24(22,23)14-10-8-13(9-11-14)20-12-15-16(18)6-5-7-17(15)19/h5-12H,3-4H2,1-2H3. The van der Waals surface area contributed by atoms with Crippen molar-refractivity contribution in [3.8, 4) is 0 Å². The van der Waals surface area contributed by atoms with E-state index >= 15 is 0 Å². The SMILES string of the molecule is CCN(CC)S(=O)(=O)c1ccc(N=Cc2c(Cl)cccc2Cl)cc1. The van der Waals surface area contributed by atoms with Crippen molar-refractivity contribution in [3.05, 3.63) is 58.1 Å². The molecule has 0 spiro atoms. The zero-order chi connectivity index (χ0) is 17.7. The summed E-state index contributed by atoms with van der Waals surface area (Å²) in [6.07, 6.45) is 1.57. The number of nitrogens with zero attached hydrogens (tertiary/aromatic N) is 2. The van der Waals surface area contributed by atoms with Crippen LogP contribution in [0.15, 0.2) is 52.4 Å². The summed E-state index contributed by atoms with van der Waals surface area (Å²) >= 11 is 12.2. The minimum Gasteiger partial charge on any atom is -0.256 e. The van der Waals surface area contributed by atoms with E-state index in [1.807, 2.05) is 13.8 Å². The van der Waals surface area contributed by atoms with Crippen LogP contribution >= 0.6 is 23.2 Å². The van der Waals surface area contributed by atoms with E-state index < -0.39 is 10.0 Å². The highest BCUT2D eigenvalue weighted by molar-refractivity contribution is 7.89. The number of aliphatic imine (C=N–C) groups is 1. The Morgan fingerprint density at radius 1 is 1.00 bits per heavy atom. The molecular weight excluding hydrogens is 367 g/mol. The molecule has 2 aromatic rings. The van der Waals surface area contributed by atoms with E-state index in [2.05, 4.69) is 4.99 Å². The van der Waals surface area contributed by atoms with Crippen LogP contribution in [-0.2, 0) is 10.0 Å². The van der Waals surface area contributed by atoms with E-state index in [4.69, 9.17) is 23.2 Å². The fourth-order valence-corrected chi connectivity index (χ4v) is 4.14. The highest BCUT2D eigenvalue weighted by atomic mass is 35.5. The van der Waals surface area contributed by atoms with Gasteiger partial charge in [0.1, 0.15) is 0 Å². The van der Waals surface area contributed by atoms with E-state index in [9.17, 15) is 8.42 Å². The maximum atomic E-state index is 12.4. The first-order chi connectivity index (χ1) is 11.4. The van der Waals surface area contributed by atoms with Crippen molar-refractivity contribution in [2.45, 2.75) is 18.7 Å². The molecule has 0 atom stereocenters. The molecule has 2 rings (SSSR count). The van der Waals surface area contributed by atoms with Crippen LogP contribution in [0.5, 0.6) is 0 Å². The average Bonchev–Trinajstić information content (AvgIpc) is 2.55. The second kappa shape index (κ2) is 8.12. The van der Waals surface area contributed by atoms with Crippen LogP contribution < -0.4 is 0 Å². The predicted molar refractivity (Wildman–Crippen MR) is 100 cm³/mol. The van der Waals surface area contributed by atoms with Crippen LogP contribution in [0.2, 0.25) is 10.0 Å². The molecule has 0 radical (unpaired) electrons. The molecule has 0 N–H and O–H groups in total. The largest absolute Gasteiger partial charge is 0.256 e. The third-order valence-electron chi connectivity index (χ3n) is 3.52.